The van der Waals surface area contributed by atoms with E-state index in [1.807, 2.05) is 19.1 Å². The van der Waals surface area contributed by atoms with Crippen molar-refractivity contribution in [2.75, 3.05) is 0 Å². The molecule has 1 nitrogen and oxygen atoms in total. The molecule has 0 fully saturated rings. The van der Waals surface area contributed by atoms with Gasteiger partial charge in [-0.2, -0.15) is 0 Å². The average Bonchev–Trinajstić information content (AvgIpc) is 1.89. The molecule has 0 amide bonds. The van der Waals surface area contributed by atoms with Crippen molar-refractivity contribution in [2.45, 2.75) is 45.6 Å². The maximum atomic E-state index is 9.19. The molecular weight excluding hydrogens is 124 g/mol. The molecule has 0 bridgehead atoms. The molecule has 1 heteroatoms. The number of rotatable bonds is 5. The third kappa shape index (κ3) is 5.83. The van der Waals surface area contributed by atoms with E-state index in [2.05, 4.69) is 6.92 Å². The number of hydrogen-bond acceptors (Lipinski definition) is 1. The van der Waals surface area contributed by atoms with E-state index in [0.717, 1.165) is 12.8 Å². The monoisotopic (exact) mass is 142 g/mol. The first kappa shape index (κ1) is 9.70. The van der Waals surface area contributed by atoms with Crippen LogP contribution < -0.4 is 0 Å². The minimum Gasteiger partial charge on any atom is -0.389 e. The quantitative estimate of drug-likeness (QED) is 0.462. The van der Waals surface area contributed by atoms with Crippen LogP contribution in [0, 0.1) is 0 Å². The van der Waals surface area contributed by atoms with Crippen molar-refractivity contribution in [1.82, 2.24) is 0 Å². The molecule has 0 unspecified atom stereocenters. The van der Waals surface area contributed by atoms with Crippen LogP contribution >= 0.6 is 0 Å². The summed E-state index contributed by atoms with van der Waals surface area (Å²) in [5.74, 6) is 0. The van der Waals surface area contributed by atoms with Gasteiger partial charge in [0.05, 0.1) is 6.10 Å². The summed E-state index contributed by atoms with van der Waals surface area (Å²) >= 11 is 0. The zero-order chi connectivity index (χ0) is 7.82. The summed E-state index contributed by atoms with van der Waals surface area (Å²) < 4.78 is 0. The molecule has 10 heavy (non-hydrogen) atoms. The molecule has 0 aliphatic carbocycles. The predicted molar refractivity (Wildman–Crippen MR) is 45.0 cm³/mol. The molecule has 0 spiro atoms. The molecule has 0 radical (unpaired) electrons. The minimum absolute atomic E-state index is 0.212. The van der Waals surface area contributed by atoms with Gasteiger partial charge in [-0.25, -0.2) is 0 Å². The highest BCUT2D eigenvalue weighted by Crippen LogP contribution is 2.03. The second kappa shape index (κ2) is 6.81. The van der Waals surface area contributed by atoms with Crippen LogP contribution in [-0.4, -0.2) is 11.2 Å². The maximum absolute atomic E-state index is 9.19. The number of allylic oxidation sites excluding steroid dienone is 1. The Kier molecular flexibility index (Phi) is 6.61. The number of unbranched alkanes of at least 4 members (excludes halogenated alkanes) is 2. The van der Waals surface area contributed by atoms with E-state index < -0.39 is 0 Å². The Balaban J connectivity index is 3.13. The lowest BCUT2D eigenvalue weighted by atomic mass is 10.1. The summed E-state index contributed by atoms with van der Waals surface area (Å²) in [5.41, 5.74) is 0. The SMILES string of the molecule is C/C=C\[C@H](O)CCCCC. The lowest BCUT2D eigenvalue weighted by Gasteiger charge is -2.02. The number of aliphatic hydroxyl groups is 1. The molecule has 60 valence electrons. The lowest BCUT2D eigenvalue weighted by molar-refractivity contribution is 0.208. The lowest BCUT2D eigenvalue weighted by Crippen LogP contribution is -2.00. The molecule has 1 N–H and O–H groups in total. The molecule has 0 aromatic rings. The van der Waals surface area contributed by atoms with Gasteiger partial charge in [-0.05, 0) is 13.3 Å². The normalized spacial score (nSPS) is 14.3. The van der Waals surface area contributed by atoms with Crippen LogP contribution in [0.5, 0.6) is 0 Å². The Morgan fingerprint density at radius 2 is 2.10 bits per heavy atom. The first-order chi connectivity index (χ1) is 4.81. The van der Waals surface area contributed by atoms with E-state index in [1.165, 1.54) is 12.8 Å². The first-order valence-electron chi connectivity index (χ1n) is 4.12. The molecular formula is C9H18O. The van der Waals surface area contributed by atoms with Crippen LogP contribution in [0.15, 0.2) is 12.2 Å². The third-order valence-electron chi connectivity index (χ3n) is 1.52. The van der Waals surface area contributed by atoms with Crippen LogP contribution in [0.2, 0.25) is 0 Å². The van der Waals surface area contributed by atoms with E-state index in [9.17, 15) is 5.11 Å². The van der Waals surface area contributed by atoms with Gasteiger partial charge in [0.2, 0.25) is 0 Å². The summed E-state index contributed by atoms with van der Waals surface area (Å²) in [6, 6.07) is 0. The van der Waals surface area contributed by atoms with Crippen molar-refractivity contribution < 1.29 is 5.11 Å². The number of hydrogen-bond donors (Lipinski definition) is 1. The van der Waals surface area contributed by atoms with Crippen LogP contribution in [0.3, 0.4) is 0 Å². The Hall–Kier alpha value is -0.300. The zero-order valence-corrected chi connectivity index (χ0v) is 7.01. The third-order valence-corrected chi connectivity index (χ3v) is 1.52. The van der Waals surface area contributed by atoms with Crippen molar-refractivity contribution in [1.29, 1.82) is 0 Å². The van der Waals surface area contributed by atoms with Gasteiger partial charge in [0.15, 0.2) is 0 Å². The van der Waals surface area contributed by atoms with Crippen molar-refractivity contribution in [2.24, 2.45) is 0 Å². The fraction of sp³-hybridized carbons (Fsp3) is 0.778. The first-order valence-corrected chi connectivity index (χ1v) is 4.12. The van der Waals surface area contributed by atoms with Crippen molar-refractivity contribution in [3.05, 3.63) is 12.2 Å². The second-order valence-electron chi connectivity index (χ2n) is 2.59. The fourth-order valence-electron chi connectivity index (χ4n) is 0.922. The Morgan fingerprint density at radius 1 is 1.40 bits per heavy atom. The minimum atomic E-state index is -0.212. The average molecular weight is 142 g/mol. The van der Waals surface area contributed by atoms with Gasteiger partial charge >= 0.3 is 0 Å². The highest BCUT2D eigenvalue weighted by molar-refractivity contribution is 4.84. The molecule has 0 heterocycles. The molecule has 0 aliphatic rings. The van der Waals surface area contributed by atoms with Crippen LogP contribution in [0.25, 0.3) is 0 Å². The fourth-order valence-corrected chi connectivity index (χ4v) is 0.922. The van der Waals surface area contributed by atoms with Gasteiger partial charge < -0.3 is 5.11 Å². The topological polar surface area (TPSA) is 20.2 Å². The van der Waals surface area contributed by atoms with Gasteiger partial charge in [-0.1, -0.05) is 38.3 Å². The van der Waals surface area contributed by atoms with Crippen molar-refractivity contribution in [3.63, 3.8) is 0 Å². The van der Waals surface area contributed by atoms with Crippen molar-refractivity contribution in [3.8, 4) is 0 Å². The highest BCUT2D eigenvalue weighted by Gasteiger charge is 1.95. The predicted octanol–water partition coefficient (Wildman–Crippen LogP) is 2.50. The van der Waals surface area contributed by atoms with E-state index in [4.69, 9.17) is 0 Å². The Morgan fingerprint density at radius 3 is 2.60 bits per heavy atom. The van der Waals surface area contributed by atoms with Crippen LogP contribution in [0.1, 0.15) is 39.5 Å². The standard InChI is InChI=1S/C9H18O/c1-3-5-6-8-9(10)7-4-2/h4,7,9-10H,3,5-6,8H2,1-2H3/b7-4-/t9-/m0/s1. The van der Waals surface area contributed by atoms with Gasteiger partial charge in [-0.3, -0.25) is 0 Å². The molecule has 0 aliphatic heterocycles. The maximum Gasteiger partial charge on any atom is 0.0720 e. The van der Waals surface area contributed by atoms with Crippen molar-refractivity contribution >= 4 is 0 Å². The number of aliphatic hydroxyl groups excluding tert-OH is 1. The van der Waals surface area contributed by atoms with Gasteiger partial charge in [-0.15, -0.1) is 0 Å². The second-order valence-corrected chi connectivity index (χ2v) is 2.59. The van der Waals surface area contributed by atoms with Crippen LogP contribution in [-0.2, 0) is 0 Å². The Bertz CT molecular complexity index is 86.7. The van der Waals surface area contributed by atoms with E-state index >= 15 is 0 Å². The highest BCUT2D eigenvalue weighted by atomic mass is 16.3. The molecule has 0 aromatic carbocycles. The van der Waals surface area contributed by atoms with E-state index in [-0.39, 0.29) is 6.10 Å². The summed E-state index contributed by atoms with van der Waals surface area (Å²) in [7, 11) is 0. The Labute approximate surface area is 63.8 Å². The van der Waals surface area contributed by atoms with Gasteiger partial charge in [0.1, 0.15) is 0 Å². The zero-order valence-electron chi connectivity index (χ0n) is 7.01. The molecule has 0 saturated carbocycles. The van der Waals surface area contributed by atoms with Gasteiger partial charge in [0, 0.05) is 0 Å². The summed E-state index contributed by atoms with van der Waals surface area (Å²) in [4.78, 5) is 0. The molecule has 0 aromatic heterocycles. The summed E-state index contributed by atoms with van der Waals surface area (Å²) in [5, 5.41) is 9.19. The van der Waals surface area contributed by atoms with E-state index in [0.29, 0.717) is 0 Å². The summed E-state index contributed by atoms with van der Waals surface area (Å²) in [6.07, 6.45) is 8.04. The van der Waals surface area contributed by atoms with Gasteiger partial charge in [0.25, 0.3) is 0 Å². The summed E-state index contributed by atoms with van der Waals surface area (Å²) in [6.45, 7) is 4.10. The largest absolute Gasteiger partial charge is 0.389 e. The smallest absolute Gasteiger partial charge is 0.0720 e. The molecule has 0 rings (SSSR count). The van der Waals surface area contributed by atoms with Crippen LogP contribution in [0.4, 0.5) is 0 Å². The molecule has 1 atom stereocenters. The van der Waals surface area contributed by atoms with E-state index in [1.54, 1.807) is 0 Å². The molecule has 0 saturated heterocycles.